The number of aromatic nitrogens is 1. The topological polar surface area (TPSA) is 88.7 Å². The van der Waals surface area contributed by atoms with Gasteiger partial charge in [0.15, 0.2) is 11.5 Å². The number of ether oxygens (including phenoxy) is 1. The highest BCUT2D eigenvalue weighted by atomic mass is 16.6. The Labute approximate surface area is 146 Å². The van der Waals surface area contributed by atoms with Gasteiger partial charge in [0.05, 0.1) is 29.8 Å². The van der Waals surface area contributed by atoms with Crippen LogP contribution in [0.5, 0.6) is 11.5 Å². The second-order valence-electron chi connectivity index (χ2n) is 6.24. The van der Waals surface area contributed by atoms with Gasteiger partial charge < -0.3 is 9.84 Å². The van der Waals surface area contributed by atoms with Gasteiger partial charge in [0.1, 0.15) is 0 Å². The molecule has 7 heteroatoms. The molecule has 1 saturated heterocycles. The number of hydrogen-bond acceptors (Lipinski definition) is 6. The molecule has 7 nitrogen and oxygen atoms in total. The average Bonchev–Trinajstić information content (AvgIpc) is 3.04. The highest BCUT2D eigenvalue weighted by molar-refractivity contribution is 5.53. The molecule has 0 saturated carbocycles. The van der Waals surface area contributed by atoms with Gasteiger partial charge in [-0.25, -0.2) is 0 Å². The van der Waals surface area contributed by atoms with Crippen LogP contribution in [-0.2, 0) is 6.54 Å². The Morgan fingerprint density at radius 1 is 1.44 bits per heavy atom. The molecule has 1 aliphatic rings. The van der Waals surface area contributed by atoms with E-state index in [4.69, 9.17) is 4.74 Å². The minimum absolute atomic E-state index is 0.0962. The Balaban J connectivity index is 1.91. The first-order valence-electron chi connectivity index (χ1n) is 8.21. The lowest BCUT2D eigenvalue weighted by Crippen LogP contribution is -2.24. The highest BCUT2D eigenvalue weighted by Crippen LogP contribution is 2.37. The Morgan fingerprint density at radius 3 is 2.92 bits per heavy atom. The summed E-state index contributed by atoms with van der Waals surface area (Å²) < 4.78 is 5.11. The van der Waals surface area contributed by atoms with Gasteiger partial charge in [-0.15, -0.1) is 0 Å². The number of benzene rings is 1. The highest BCUT2D eigenvalue weighted by Gasteiger charge is 2.29. The molecule has 1 atom stereocenters. The molecule has 0 amide bonds. The summed E-state index contributed by atoms with van der Waals surface area (Å²) in [6.45, 7) is 3.21. The van der Waals surface area contributed by atoms with Crippen molar-refractivity contribution in [3.63, 3.8) is 0 Å². The molecule has 1 aromatic heterocycles. The molecule has 0 unspecified atom stereocenters. The number of pyridine rings is 1. The molecule has 0 bridgehead atoms. The van der Waals surface area contributed by atoms with Crippen molar-refractivity contribution in [1.82, 2.24) is 9.88 Å². The average molecular weight is 343 g/mol. The van der Waals surface area contributed by atoms with Gasteiger partial charge >= 0.3 is 0 Å². The van der Waals surface area contributed by atoms with Gasteiger partial charge in [0.25, 0.3) is 5.69 Å². The van der Waals surface area contributed by atoms with Gasteiger partial charge in [-0.2, -0.15) is 0 Å². The molecule has 1 fully saturated rings. The zero-order chi connectivity index (χ0) is 18.0. The van der Waals surface area contributed by atoms with E-state index in [0.717, 1.165) is 36.8 Å². The number of hydrogen-bond donors (Lipinski definition) is 1. The Bertz CT molecular complexity index is 794. The number of nitro groups is 1. The van der Waals surface area contributed by atoms with E-state index in [-0.39, 0.29) is 23.2 Å². The number of nitrogens with zero attached hydrogens (tertiary/aromatic N) is 3. The number of aromatic hydroxyl groups is 1. The largest absolute Gasteiger partial charge is 0.504 e. The Hall–Kier alpha value is -2.67. The van der Waals surface area contributed by atoms with E-state index in [2.05, 4.69) is 9.88 Å². The predicted molar refractivity (Wildman–Crippen MR) is 92.7 cm³/mol. The fraction of sp³-hybridized carbons (Fsp3) is 0.389. The third kappa shape index (κ3) is 3.56. The smallest absolute Gasteiger partial charge is 0.277 e. The lowest BCUT2D eigenvalue weighted by molar-refractivity contribution is -0.385. The van der Waals surface area contributed by atoms with E-state index >= 15 is 0 Å². The molecule has 2 aromatic rings. The van der Waals surface area contributed by atoms with Crippen LogP contribution in [0, 0.1) is 17.0 Å². The zero-order valence-electron chi connectivity index (χ0n) is 14.3. The van der Waals surface area contributed by atoms with Gasteiger partial charge in [-0.1, -0.05) is 6.07 Å². The normalized spacial score (nSPS) is 17.6. The number of aryl methyl sites for hydroxylation is 1. The molecular formula is C18H21N3O4. The summed E-state index contributed by atoms with van der Waals surface area (Å²) in [5, 5.41) is 21.2. The number of methoxy groups -OCH3 is 1. The molecule has 132 valence electrons. The standard InChI is InChI=1S/C18H21N3O4/c1-12-5-3-6-14(19-12)15-7-4-8-20(15)11-13-9-18(25-2)17(22)10-16(13)21(23)24/h3,5-6,9-10,15,22H,4,7-8,11H2,1-2H3/t15-/m0/s1. The van der Waals surface area contributed by atoms with Gasteiger partial charge in [-0.3, -0.25) is 20.0 Å². The van der Waals surface area contributed by atoms with Crippen LogP contribution >= 0.6 is 0 Å². The molecule has 25 heavy (non-hydrogen) atoms. The predicted octanol–water partition coefficient (Wildman–Crippen LogP) is 3.35. The zero-order valence-corrected chi connectivity index (χ0v) is 14.3. The summed E-state index contributed by atoms with van der Waals surface area (Å²) in [5.74, 6) is 0.0151. The van der Waals surface area contributed by atoms with Crippen molar-refractivity contribution in [3.8, 4) is 11.5 Å². The van der Waals surface area contributed by atoms with E-state index in [1.54, 1.807) is 6.07 Å². The Kier molecular flexibility index (Phi) is 4.85. The van der Waals surface area contributed by atoms with Gasteiger partial charge in [-0.05, 0) is 44.5 Å². The summed E-state index contributed by atoms with van der Waals surface area (Å²) >= 11 is 0. The summed E-state index contributed by atoms with van der Waals surface area (Å²) in [5.41, 5.74) is 2.38. The van der Waals surface area contributed by atoms with Crippen molar-refractivity contribution in [2.75, 3.05) is 13.7 Å². The van der Waals surface area contributed by atoms with Crippen molar-refractivity contribution in [2.45, 2.75) is 32.4 Å². The van der Waals surface area contributed by atoms with Crippen molar-refractivity contribution in [1.29, 1.82) is 0 Å². The monoisotopic (exact) mass is 343 g/mol. The van der Waals surface area contributed by atoms with Crippen LogP contribution in [0.4, 0.5) is 5.69 Å². The molecule has 0 radical (unpaired) electrons. The Morgan fingerprint density at radius 2 is 2.24 bits per heavy atom. The van der Waals surface area contributed by atoms with E-state index in [0.29, 0.717) is 12.1 Å². The third-order valence-corrected chi connectivity index (χ3v) is 4.57. The minimum Gasteiger partial charge on any atom is -0.504 e. The fourth-order valence-corrected chi connectivity index (χ4v) is 3.38. The second kappa shape index (κ2) is 7.06. The van der Waals surface area contributed by atoms with Crippen molar-refractivity contribution in [2.24, 2.45) is 0 Å². The molecule has 0 spiro atoms. The first-order chi connectivity index (χ1) is 12.0. The van der Waals surface area contributed by atoms with Gasteiger partial charge in [0.2, 0.25) is 0 Å². The number of rotatable bonds is 5. The lowest BCUT2D eigenvalue weighted by Gasteiger charge is -2.24. The number of likely N-dealkylation sites (tertiary alicyclic amines) is 1. The van der Waals surface area contributed by atoms with E-state index in [1.165, 1.54) is 7.11 Å². The maximum absolute atomic E-state index is 11.4. The van der Waals surface area contributed by atoms with Crippen LogP contribution in [0.3, 0.4) is 0 Å². The summed E-state index contributed by atoms with van der Waals surface area (Å²) in [7, 11) is 1.43. The molecule has 1 N–H and O–H groups in total. The van der Waals surface area contributed by atoms with Crippen LogP contribution < -0.4 is 4.74 Å². The SMILES string of the molecule is COc1cc(CN2CCC[C@H]2c2cccc(C)n2)c([N+](=O)[O-])cc1O. The van der Waals surface area contributed by atoms with Crippen molar-refractivity contribution < 1.29 is 14.8 Å². The van der Waals surface area contributed by atoms with E-state index in [1.807, 2.05) is 25.1 Å². The third-order valence-electron chi connectivity index (χ3n) is 4.57. The van der Waals surface area contributed by atoms with Crippen molar-refractivity contribution >= 4 is 5.69 Å². The van der Waals surface area contributed by atoms with E-state index < -0.39 is 4.92 Å². The molecule has 1 aromatic carbocycles. The maximum Gasteiger partial charge on any atom is 0.277 e. The maximum atomic E-state index is 11.4. The fourth-order valence-electron chi connectivity index (χ4n) is 3.38. The quantitative estimate of drug-likeness (QED) is 0.661. The molecule has 1 aliphatic heterocycles. The molecular weight excluding hydrogens is 322 g/mol. The summed E-state index contributed by atoms with van der Waals surface area (Å²) in [4.78, 5) is 17.7. The van der Waals surface area contributed by atoms with Crippen LogP contribution in [0.25, 0.3) is 0 Å². The van der Waals surface area contributed by atoms with Crippen LogP contribution in [0.2, 0.25) is 0 Å². The summed E-state index contributed by atoms with van der Waals surface area (Å²) in [6, 6.07) is 8.79. The van der Waals surface area contributed by atoms with E-state index in [9.17, 15) is 15.2 Å². The van der Waals surface area contributed by atoms with Crippen LogP contribution in [0.15, 0.2) is 30.3 Å². The van der Waals surface area contributed by atoms with Crippen LogP contribution in [-0.4, -0.2) is 33.6 Å². The number of nitro benzene ring substituents is 1. The number of phenols is 1. The lowest BCUT2D eigenvalue weighted by atomic mass is 10.1. The van der Waals surface area contributed by atoms with Crippen molar-refractivity contribution in [3.05, 3.63) is 57.4 Å². The number of phenolic OH excluding ortho intramolecular Hbond substituents is 1. The second-order valence-corrected chi connectivity index (χ2v) is 6.24. The molecule has 0 aliphatic carbocycles. The van der Waals surface area contributed by atoms with Gasteiger partial charge in [0, 0.05) is 17.8 Å². The summed E-state index contributed by atoms with van der Waals surface area (Å²) in [6.07, 6.45) is 1.99. The minimum atomic E-state index is -0.468. The van der Waals surface area contributed by atoms with Crippen LogP contribution in [0.1, 0.15) is 35.8 Å². The first-order valence-corrected chi connectivity index (χ1v) is 8.21. The first kappa shape index (κ1) is 17.2. The molecule has 3 rings (SSSR count). The molecule has 2 heterocycles.